The van der Waals surface area contributed by atoms with Crippen LogP contribution in [0.15, 0.2) is 73.3 Å². The third kappa shape index (κ3) is 11.1. The summed E-state index contributed by atoms with van der Waals surface area (Å²) in [6.07, 6.45) is -3.02. The highest BCUT2D eigenvalue weighted by Gasteiger charge is 2.27. The molecule has 0 radical (unpaired) electrons. The second-order valence-electron chi connectivity index (χ2n) is 13.6. The Hall–Kier alpha value is -6.14. The van der Waals surface area contributed by atoms with Crippen molar-refractivity contribution in [1.29, 1.82) is 0 Å². The van der Waals surface area contributed by atoms with Crippen molar-refractivity contribution in [2.24, 2.45) is 0 Å². The second kappa shape index (κ2) is 18.6. The number of carbonyl (C=O) groups excluding carboxylic acids is 1. The van der Waals surface area contributed by atoms with Gasteiger partial charge in [0.05, 0.1) is 66.2 Å². The molecular formula is C41H42F6N6O6. The molecule has 0 fully saturated rings. The topological polar surface area (TPSA) is 163 Å². The van der Waals surface area contributed by atoms with Crippen molar-refractivity contribution >= 4 is 34.6 Å². The number of benzene rings is 2. The van der Waals surface area contributed by atoms with Crippen molar-refractivity contribution in [2.75, 3.05) is 44.0 Å². The molecule has 314 valence electrons. The zero-order valence-corrected chi connectivity index (χ0v) is 32.2. The molecule has 0 saturated heterocycles. The maximum Gasteiger partial charge on any atom is 0.390 e. The van der Waals surface area contributed by atoms with E-state index in [0.717, 1.165) is 27.8 Å². The molecule has 4 aromatic heterocycles. The first-order chi connectivity index (χ1) is 27.9. The SMILES string of the molecule is COC(=O)c1ccc(-c2cnc3c(NCCC(F)(F)F)cc(CCO)cn23)cc1C.Cc1cc(-c2cnc3c(NCCC(F)(F)F)cc(CCO)cn23)ccc1C(=O)O. The normalized spacial score (nSPS) is 11.7. The summed E-state index contributed by atoms with van der Waals surface area (Å²) >= 11 is 0. The fourth-order valence-corrected chi connectivity index (χ4v) is 6.41. The van der Waals surface area contributed by atoms with Crippen molar-refractivity contribution in [2.45, 2.75) is 51.9 Å². The lowest BCUT2D eigenvalue weighted by Gasteiger charge is -2.13. The summed E-state index contributed by atoms with van der Waals surface area (Å²) < 4.78 is 83.3. The van der Waals surface area contributed by atoms with Crippen molar-refractivity contribution < 1.29 is 56.0 Å². The number of ether oxygens (including phenoxy) is 1. The van der Waals surface area contributed by atoms with Gasteiger partial charge in [0.25, 0.3) is 0 Å². The van der Waals surface area contributed by atoms with Gasteiger partial charge in [0.15, 0.2) is 11.3 Å². The van der Waals surface area contributed by atoms with E-state index < -0.39 is 37.1 Å². The van der Waals surface area contributed by atoms with E-state index in [-0.39, 0.29) is 31.9 Å². The zero-order valence-electron chi connectivity index (χ0n) is 32.2. The maximum absolute atomic E-state index is 12.5. The van der Waals surface area contributed by atoms with E-state index >= 15 is 0 Å². The number of alkyl halides is 6. The van der Waals surface area contributed by atoms with Gasteiger partial charge in [-0.15, -0.1) is 0 Å². The summed E-state index contributed by atoms with van der Waals surface area (Å²) in [5.41, 5.74) is 8.14. The Labute approximate surface area is 334 Å². The molecule has 0 aliphatic rings. The summed E-state index contributed by atoms with van der Waals surface area (Å²) in [4.78, 5) is 31.8. The number of hydrogen-bond donors (Lipinski definition) is 5. The average molecular weight is 829 g/mol. The van der Waals surface area contributed by atoms with Crippen LogP contribution in [0.25, 0.3) is 33.8 Å². The van der Waals surface area contributed by atoms with Gasteiger partial charge in [-0.3, -0.25) is 8.80 Å². The number of rotatable bonds is 14. The molecule has 4 heterocycles. The van der Waals surface area contributed by atoms with Crippen LogP contribution < -0.4 is 10.6 Å². The number of aromatic nitrogens is 4. The summed E-state index contributed by atoms with van der Waals surface area (Å²) in [5, 5.41) is 33.4. The highest BCUT2D eigenvalue weighted by atomic mass is 19.4. The standard InChI is InChI=1S/C21H22F3N3O3.C20H20F3N3O3/c1-13-9-15(3-4-16(13)20(29)30-2)18-11-26-19-17(25-7-6-21(22,23)24)10-14(5-8-28)12-27(18)19;1-12-8-14(2-3-15(12)19(28)29)17-10-25-18-16(24-6-5-20(21,22)23)9-13(4-7-27)11-26(17)18/h3-4,9-12,25,28H,5-8H2,1-2H3;2-3,8-11,24,27H,4-7H2,1H3,(H,28,29). The van der Waals surface area contributed by atoms with Gasteiger partial charge in [-0.1, -0.05) is 12.1 Å². The van der Waals surface area contributed by atoms with E-state index in [0.29, 0.717) is 58.0 Å². The lowest BCUT2D eigenvalue weighted by molar-refractivity contribution is -0.132. The Morgan fingerprint density at radius 1 is 0.695 bits per heavy atom. The summed E-state index contributed by atoms with van der Waals surface area (Å²) in [7, 11) is 1.32. The molecule has 6 aromatic rings. The number of methoxy groups -OCH3 is 1. The summed E-state index contributed by atoms with van der Waals surface area (Å²) in [6, 6.07) is 13.5. The van der Waals surface area contributed by atoms with Crippen LogP contribution in [0.1, 0.15) is 55.8 Å². The van der Waals surface area contributed by atoms with Crippen LogP contribution in [-0.4, -0.2) is 91.8 Å². The third-order valence-corrected chi connectivity index (χ3v) is 9.25. The third-order valence-electron chi connectivity index (χ3n) is 9.25. The van der Waals surface area contributed by atoms with Gasteiger partial charge < -0.3 is 30.7 Å². The molecule has 12 nitrogen and oxygen atoms in total. The predicted molar refractivity (Wildman–Crippen MR) is 209 cm³/mol. The van der Waals surface area contributed by atoms with Crippen LogP contribution in [0.4, 0.5) is 37.7 Å². The monoisotopic (exact) mass is 828 g/mol. The van der Waals surface area contributed by atoms with Gasteiger partial charge >= 0.3 is 24.3 Å². The average Bonchev–Trinajstić information content (AvgIpc) is 3.79. The number of aromatic carboxylic acids is 1. The molecular weight excluding hydrogens is 786 g/mol. The van der Waals surface area contributed by atoms with Crippen LogP contribution in [0.3, 0.4) is 0 Å². The molecule has 0 aliphatic carbocycles. The van der Waals surface area contributed by atoms with Crippen molar-refractivity contribution in [3.05, 3.63) is 107 Å². The number of carboxylic acid groups (broad SMARTS) is 1. The van der Waals surface area contributed by atoms with Crippen LogP contribution >= 0.6 is 0 Å². The Kier molecular flexibility index (Phi) is 13.9. The highest BCUT2D eigenvalue weighted by molar-refractivity contribution is 5.92. The molecule has 0 spiro atoms. The van der Waals surface area contributed by atoms with E-state index in [9.17, 15) is 51.3 Å². The molecule has 0 saturated carbocycles. The lowest BCUT2D eigenvalue weighted by Crippen LogP contribution is -2.15. The quantitative estimate of drug-likeness (QED) is 0.0539. The number of esters is 1. The Morgan fingerprint density at radius 2 is 1.12 bits per heavy atom. The van der Waals surface area contributed by atoms with Crippen molar-refractivity contribution in [1.82, 2.24) is 18.8 Å². The predicted octanol–water partition coefficient (Wildman–Crippen LogP) is 7.90. The molecule has 6 rings (SSSR count). The van der Waals surface area contributed by atoms with Crippen molar-refractivity contribution in [3.8, 4) is 22.5 Å². The largest absolute Gasteiger partial charge is 0.478 e. The number of anilines is 2. The molecule has 59 heavy (non-hydrogen) atoms. The van der Waals surface area contributed by atoms with E-state index in [1.807, 2.05) is 6.07 Å². The Bertz CT molecular complexity index is 2440. The molecule has 18 heteroatoms. The van der Waals surface area contributed by atoms with Gasteiger partial charge in [0.1, 0.15) is 0 Å². The minimum atomic E-state index is -4.27. The molecule has 0 amide bonds. The number of imidazole rings is 2. The summed E-state index contributed by atoms with van der Waals surface area (Å²) in [5.74, 6) is -1.45. The number of carbonyl (C=O) groups is 2. The fraction of sp³-hybridized carbons (Fsp3) is 0.317. The smallest absolute Gasteiger partial charge is 0.390 e. The minimum Gasteiger partial charge on any atom is -0.478 e. The zero-order chi connectivity index (χ0) is 43.1. The number of aliphatic hydroxyl groups is 2. The van der Waals surface area contributed by atoms with Crippen LogP contribution in [0, 0.1) is 13.8 Å². The van der Waals surface area contributed by atoms with Crippen LogP contribution in [-0.2, 0) is 17.6 Å². The Balaban J connectivity index is 0.000000224. The lowest BCUT2D eigenvalue weighted by atomic mass is 10.0. The van der Waals surface area contributed by atoms with Gasteiger partial charge in [0, 0.05) is 49.8 Å². The second-order valence-corrected chi connectivity index (χ2v) is 13.6. The molecule has 0 atom stereocenters. The first-order valence-electron chi connectivity index (χ1n) is 18.3. The minimum absolute atomic E-state index is 0.0928. The van der Waals surface area contributed by atoms with E-state index in [1.165, 1.54) is 13.2 Å². The molecule has 0 aliphatic heterocycles. The van der Waals surface area contributed by atoms with E-state index in [4.69, 9.17) is 4.74 Å². The van der Waals surface area contributed by atoms with Gasteiger partial charge in [-0.25, -0.2) is 19.6 Å². The maximum atomic E-state index is 12.5. The number of nitrogens with one attached hydrogen (secondary N) is 2. The Morgan fingerprint density at radius 3 is 1.47 bits per heavy atom. The van der Waals surface area contributed by atoms with Gasteiger partial charge in [-0.2, -0.15) is 26.3 Å². The van der Waals surface area contributed by atoms with Gasteiger partial charge in [0.2, 0.25) is 0 Å². The molecule has 0 bridgehead atoms. The summed E-state index contributed by atoms with van der Waals surface area (Å²) in [6.45, 7) is 2.71. The van der Waals surface area contributed by atoms with Gasteiger partial charge in [-0.05, 0) is 85.3 Å². The van der Waals surface area contributed by atoms with E-state index in [2.05, 4.69) is 20.6 Å². The molecule has 0 unspecified atom stereocenters. The number of carboxylic acids is 1. The number of nitrogens with zero attached hydrogens (tertiary/aromatic N) is 4. The number of halogens is 6. The molecule has 2 aromatic carbocycles. The first kappa shape index (κ1) is 44.0. The number of aliphatic hydroxyl groups excluding tert-OH is 2. The fourth-order valence-electron chi connectivity index (χ4n) is 6.41. The van der Waals surface area contributed by atoms with Crippen molar-refractivity contribution in [3.63, 3.8) is 0 Å². The number of hydrogen-bond acceptors (Lipinski definition) is 9. The number of pyridine rings is 2. The molecule has 5 N–H and O–H groups in total. The first-order valence-corrected chi connectivity index (χ1v) is 18.3. The number of aryl methyl sites for hydroxylation is 2. The van der Waals surface area contributed by atoms with E-state index in [1.54, 1.807) is 83.8 Å². The number of fused-ring (bicyclic) bond motifs is 2. The highest BCUT2D eigenvalue weighted by Crippen LogP contribution is 2.31. The van der Waals surface area contributed by atoms with Crippen LogP contribution in [0.5, 0.6) is 0 Å². The van der Waals surface area contributed by atoms with Crippen LogP contribution in [0.2, 0.25) is 0 Å².